The third-order valence-electron chi connectivity index (χ3n) is 7.92. The highest BCUT2D eigenvalue weighted by Gasteiger charge is 2.53. The molecule has 5 rings (SSSR count). The lowest BCUT2D eigenvalue weighted by Gasteiger charge is -2.40. The normalized spacial score (nSPS) is 25.2. The van der Waals surface area contributed by atoms with Gasteiger partial charge in [0.1, 0.15) is 0 Å². The molecule has 2 unspecified atom stereocenters. The van der Waals surface area contributed by atoms with Crippen LogP contribution in [0.5, 0.6) is 0 Å². The highest BCUT2D eigenvalue weighted by atomic mass is 35.5. The lowest BCUT2D eigenvalue weighted by atomic mass is 9.76. The molecule has 3 aromatic carbocycles. The maximum Gasteiger partial charge on any atom is 0.255 e. The largest absolute Gasteiger partial charge is 0.390 e. The number of carbonyl (C=O) groups is 1. The summed E-state index contributed by atoms with van der Waals surface area (Å²) in [5, 5.41) is 12.6. The van der Waals surface area contributed by atoms with E-state index in [4.69, 9.17) is 11.6 Å². The van der Waals surface area contributed by atoms with Crippen molar-refractivity contribution in [3.05, 3.63) is 82.9 Å². The predicted octanol–water partition coefficient (Wildman–Crippen LogP) is 6.25. The van der Waals surface area contributed by atoms with Crippen LogP contribution < -0.4 is 5.32 Å². The number of hydrogen-bond acceptors (Lipinski definition) is 4. The molecule has 2 atom stereocenters. The Hall–Kier alpha value is -2.81. The van der Waals surface area contributed by atoms with Crippen LogP contribution in [0, 0.1) is 23.5 Å². The van der Waals surface area contributed by atoms with Crippen LogP contribution in [0.1, 0.15) is 43.0 Å². The first-order valence-corrected chi connectivity index (χ1v) is 14.0. The Labute approximate surface area is 219 Å². The lowest BCUT2D eigenvalue weighted by molar-refractivity contribution is -0.0413. The molecule has 0 heterocycles. The molecule has 0 radical (unpaired) electrons. The Morgan fingerprint density at radius 2 is 1.68 bits per heavy atom. The van der Waals surface area contributed by atoms with Crippen LogP contribution in [0.15, 0.2) is 65.6 Å². The quantitative estimate of drug-likeness (QED) is 0.397. The van der Waals surface area contributed by atoms with Crippen LogP contribution in [-0.4, -0.2) is 30.3 Å². The lowest BCUT2D eigenvalue weighted by Crippen LogP contribution is -2.45. The number of hydrogen-bond donors (Lipinski definition) is 2. The molecule has 2 N–H and O–H groups in total. The minimum atomic E-state index is -3.89. The van der Waals surface area contributed by atoms with Crippen molar-refractivity contribution in [1.82, 2.24) is 0 Å². The molecule has 2 fully saturated rings. The summed E-state index contributed by atoms with van der Waals surface area (Å²) in [4.78, 5) is 12.9. The van der Waals surface area contributed by atoms with Gasteiger partial charge in [-0.3, -0.25) is 4.79 Å². The van der Waals surface area contributed by atoms with Gasteiger partial charge in [-0.2, -0.15) is 0 Å². The van der Waals surface area contributed by atoms with Gasteiger partial charge in [-0.15, -0.1) is 0 Å². The maximum atomic E-state index is 14.5. The summed E-state index contributed by atoms with van der Waals surface area (Å²) in [7, 11) is -3.89. The Morgan fingerprint density at radius 3 is 2.32 bits per heavy atom. The summed E-state index contributed by atoms with van der Waals surface area (Å²) in [5.74, 6) is -3.07. The third-order valence-corrected chi connectivity index (χ3v) is 10.6. The van der Waals surface area contributed by atoms with Crippen molar-refractivity contribution < 1.29 is 27.1 Å². The van der Waals surface area contributed by atoms with Crippen LogP contribution in [0.2, 0.25) is 5.02 Å². The molecule has 0 aliphatic heterocycles. The summed E-state index contributed by atoms with van der Waals surface area (Å²) < 4.78 is 55.9. The number of benzene rings is 3. The van der Waals surface area contributed by atoms with Crippen molar-refractivity contribution >= 4 is 33.0 Å². The monoisotopic (exact) mass is 545 g/mol. The summed E-state index contributed by atoms with van der Waals surface area (Å²) >= 11 is 6.28. The second kappa shape index (κ2) is 9.49. The minimum absolute atomic E-state index is 0.000390. The first-order valence-electron chi connectivity index (χ1n) is 12.1. The predicted molar refractivity (Wildman–Crippen MR) is 138 cm³/mol. The second-order valence-electron chi connectivity index (χ2n) is 10.1. The number of anilines is 1. The molecule has 5 nitrogen and oxygen atoms in total. The van der Waals surface area contributed by atoms with E-state index in [2.05, 4.69) is 5.32 Å². The Bertz CT molecular complexity index is 1460. The van der Waals surface area contributed by atoms with E-state index in [1.165, 1.54) is 24.3 Å². The van der Waals surface area contributed by atoms with E-state index in [-0.39, 0.29) is 38.6 Å². The van der Waals surface area contributed by atoms with Crippen molar-refractivity contribution in [2.24, 2.45) is 11.8 Å². The first kappa shape index (κ1) is 25.8. The molecule has 2 bridgehead atoms. The molecular formula is C28H26ClF2NO4S. The topological polar surface area (TPSA) is 83.5 Å². The SMILES string of the molecule is C[C@]1(O)C2CCC1C[C@@H](S(=O)(=O)c1cc(C(=O)Nc3cc(F)c(F)c(-c4ccccc4)c3)ccc1Cl)C2. The number of rotatable bonds is 5. The van der Waals surface area contributed by atoms with E-state index in [0.717, 1.165) is 18.9 Å². The third kappa shape index (κ3) is 4.67. The van der Waals surface area contributed by atoms with E-state index >= 15 is 0 Å². The number of sulfone groups is 1. The number of nitrogens with one attached hydrogen (secondary N) is 1. The molecule has 2 saturated carbocycles. The van der Waals surface area contributed by atoms with Gasteiger partial charge < -0.3 is 10.4 Å². The Balaban J connectivity index is 1.42. The number of aliphatic hydroxyl groups is 1. The van der Waals surface area contributed by atoms with Gasteiger partial charge in [0.05, 0.1) is 20.8 Å². The van der Waals surface area contributed by atoms with Crippen LogP contribution in [0.3, 0.4) is 0 Å². The number of amides is 1. The fraction of sp³-hybridized carbons (Fsp3) is 0.321. The van der Waals surface area contributed by atoms with Crippen LogP contribution in [0.4, 0.5) is 14.5 Å². The molecule has 194 valence electrons. The number of carbonyl (C=O) groups excluding carboxylic acids is 1. The Kier molecular flexibility index (Phi) is 6.63. The zero-order valence-electron chi connectivity index (χ0n) is 20.0. The van der Waals surface area contributed by atoms with E-state index in [1.807, 2.05) is 0 Å². The molecular weight excluding hydrogens is 520 g/mol. The Morgan fingerprint density at radius 1 is 1.03 bits per heavy atom. The van der Waals surface area contributed by atoms with Crippen molar-refractivity contribution in [2.45, 2.75) is 48.4 Å². The van der Waals surface area contributed by atoms with Crippen LogP contribution >= 0.6 is 11.6 Å². The fourth-order valence-corrected chi connectivity index (χ4v) is 8.15. The van der Waals surface area contributed by atoms with E-state index in [9.17, 15) is 27.1 Å². The molecule has 0 aromatic heterocycles. The van der Waals surface area contributed by atoms with Gasteiger partial charge >= 0.3 is 0 Å². The van der Waals surface area contributed by atoms with Gasteiger partial charge in [-0.25, -0.2) is 17.2 Å². The van der Waals surface area contributed by atoms with Gasteiger partial charge in [-0.05, 0) is 74.3 Å². The van der Waals surface area contributed by atoms with Gasteiger partial charge in [-0.1, -0.05) is 41.9 Å². The number of halogens is 3. The number of fused-ring (bicyclic) bond motifs is 2. The molecule has 37 heavy (non-hydrogen) atoms. The van der Waals surface area contributed by atoms with Gasteiger partial charge in [0.25, 0.3) is 5.91 Å². The molecule has 1 amide bonds. The smallest absolute Gasteiger partial charge is 0.255 e. The molecule has 9 heteroatoms. The molecule has 2 aliphatic carbocycles. The highest BCUT2D eigenvalue weighted by molar-refractivity contribution is 7.92. The first-order chi connectivity index (χ1) is 17.5. The van der Waals surface area contributed by atoms with Crippen molar-refractivity contribution in [1.29, 1.82) is 0 Å². The summed E-state index contributed by atoms with van der Waals surface area (Å²) in [6, 6.07) is 14.5. The van der Waals surface area contributed by atoms with Crippen molar-refractivity contribution in [3.63, 3.8) is 0 Å². The van der Waals surface area contributed by atoms with Crippen molar-refractivity contribution in [3.8, 4) is 11.1 Å². The van der Waals surface area contributed by atoms with Gasteiger partial charge in [0.2, 0.25) is 0 Å². The van der Waals surface area contributed by atoms with Crippen LogP contribution in [-0.2, 0) is 9.84 Å². The fourth-order valence-electron chi connectivity index (χ4n) is 5.75. The average Bonchev–Trinajstić information content (AvgIpc) is 3.02. The maximum absolute atomic E-state index is 14.5. The summed E-state index contributed by atoms with van der Waals surface area (Å²) in [6.07, 6.45) is 2.21. The second-order valence-corrected chi connectivity index (χ2v) is 12.7. The minimum Gasteiger partial charge on any atom is -0.390 e. The summed E-state index contributed by atoms with van der Waals surface area (Å²) in [5.41, 5.74) is -0.415. The molecule has 3 aromatic rings. The van der Waals surface area contributed by atoms with Crippen LogP contribution in [0.25, 0.3) is 11.1 Å². The zero-order chi connectivity index (χ0) is 26.5. The van der Waals surface area contributed by atoms with E-state index < -0.39 is 38.2 Å². The summed E-state index contributed by atoms with van der Waals surface area (Å²) in [6.45, 7) is 1.78. The standard InChI is InChI=1S/C28H26ClF2NO4S/c1-28(34)18-8-9-19(28)13-21(12-18)37(35,36)25-11-17(7-10-23(25)29)27(33)32-20-14-22(26(31)24(30)15-20)16-5-3-2-4-6-16/h2-7,10-11,14-15,18-19,21,34H,8-9,12-13H2,1H3,(H,32,33)/t18?,19?,21-,28-. The van der Waals surface area contributed by atoms with E-state index in [0.29, 0.717) is 18.4 Å². The highest BCUT2D eigenvalue weighted by Crippen LogP contribution is 2.51. The average molecular weight is 546 g/mol. The zero-order valence-corrected chi connectivity index (χ0v) is 21.6. The van der Waals surface area contributed by atoms with E-state index in [1.54, 1.807) is 37.3 Å². The van der Waals surface area contributed by atoms with Gasteiger partial charge in [0, 0.05) is 22.9 Å². The van der Waals surface area contributed by atoms with Crippen molar-refractivity contribution in [2.75, 3.05) is 5.32 Å². The molecule has 2 aliphatic rings. The van der Waals surface area contributed by atoms with Gasteiger partial charge in [0.15, 0.2) is 21.5 Å². The molecule has 0 saturated heterocycles. The molecule has 0 spiro atoms.